The van der Waals surface area contributed by atoms with E-state index in [4.69, 9.17) is 0 Å². The van der Waals surface area contributed by atoms with Gasteiger partial charge in [-0.25, -0.2) is 4.79 Å². The highest BCUT2D eigenvalue weighted by atomic mass is 16.4. The number of carboxylic acid groups (broad SMARTS) is 1. The third kappa shape index (κ3) is 4.99. The molecular weight excluding hydrogens is 266 g/mol. The van der Waals surface area contributed by atoms with Crippen LogP contribution in [0.2, 0.25) is 0 Å². The second kappa shape index (κ2) is 7.38. The fourth-order valence-corrected chi connectivity index (χ4v) is 2.26. The Balaban J connectivity index is 2.80. The average Bonchev–Trinajstić information content (AvgIpc) is 2.40. The first-order chi connectivity index (χ1) is 9.78. The maximum atomic E-state index is 11.4. The van der Waals surface area contributed by atoms with Gasteiger partial charge in [-0.3, -0.25) is 0 Å². The fraction of sp³-hybridized carbons (Fsp3) is 0.688. The molecule has 5 heteroatoms. The van der Waals surface area contributed by atoms with Crippen LogP contribution in [0.1, 0.15) is 68.1 Å². The summed E-state index contributed by atoms with van der Waals surface area (Å²) in [4.78, 5) is 11.4. The zero-order valence-electron chi connectivity index (χ0n) is 13.8. The molecular formula is C16H27N3O2. The number of unbranched alkanes of at least 4 members (excludes halogenated alkanes) is 2. The largest absolute Gasteiger partial charge is 0.478 e. The number of hydrogen-bond acceptors (Lipinski definition) is 4. The van der Waals surface area contributed by atoms with Crippen molar-refractivity contribution in [1.29, 1.82) is 0 Å². The van der Waals surface area contributed by atoms with Gasteiger partial charge >= 0.3 is 5.97 Å². The van der Waals surface area contributed by atoms with Gasteiger partial charge < -0.3 is 10.4 Å². The molecule has 1 aromatic heterocycles. The van der Waals surface area contributed by atoms with Crippen molar-refractivity contribution in [3.63, 3.8) is 0 Å². The number of aromatic nitrogens is 2. The second-order valence-corrected chi connectivity index (χ2v) is 6.41. The molecule has 0 bridgehead atoms. The minimum absolute atomic E-state index is 0.103. The van der Waals surface area contributed by atoms with E-state index in [0.29, 0.717) is 23.6 Å². The van der Waals surface area contributed by atoms with Crippen LogP contribution >= 0.6 is 0 Å². The standard InChI is InChI=1S/C16H27N3O2/c1-6-7-8-9-16(4,5)10-17-14-13(15(20)21)11(2)12(3)18-19-14/h6-10H2,1-5H3,(H,17,19)(H,20,21). The number of aromatic carboxylic acids is 1. The molecule has 5 nitrogen and oxygen atoms in total. The predicted octanol–water partition coefficient (Wildman–Crippen LogP) is 3.81. The lowest BCUT2D eigenvalue weighted by Crippen LogP contribution is -2.25. The highest BCUT2D eigenvalue weighted by Crippen LogP contribution is 2.25. The smallest absolute Gasteiger partial charge is 0.339 e. The van der Waals surface area contributed by atoms with Gasteiger partial charge in [-0.05, 0) is 31.2 Å². The van der Waals surface area contributed by atoms with Crippen molar-refractivity contribution < 1.29 is 9.90 Å². The van der Waals surface area contributed by atoms with Crippen LogP contribution in [-0.4, -0.2) is 27.8 Å². The zero-order valence-corrected chi connectivity index (χ0v) is 13.8. The van der Waals surface area contributed by atoms with Crippen LogP contribution in [0.15, 0.2) is 0 Å². The topological polar surface area (TPSA) is 75.1 Å². The number of anilines is 1. The summed E-state index contributed by atoms with van der Waals surface area (Å²) < 4.78 is 0. The molecule has 0 aliphatic carbocycles. The lowest BCUT2D eigenvalue weighted by Gasteiger charge is -2.25. The molecule has 1 rings (SSSR count). The summed E-state index contributed by atoms with van der Waals surface area (Å²) in [6.45, 7) is 10.8. The lowest BCUT2D eigenvalue weighted by atomic mass is 9.87. The molecule has 0 saturated carbocycles. The summed E-state index contributed by atoms with van der Waals surface area (Å²) in [5.41, 5.74) is 1.65. The Morgan fingerprint density at radius 2 is 1.90 bits per heavy atom. The van der Waals surface area contributed by atoms with Crippen LogP contribution in [0.25, 0.3) is 0 Å². The second-order valence-electron chi connectivity index (χ2n) is 6.41. The first-order valence-corrected chi connectivity index (χ1v) is 7.59. The Morgan fingerprint density at radius 3 is 2.48 bits per heavy atom. The summed E-state index contributed by atoms with van der Waals surface area (Å²) in [6.07, 6.45) is 4.73. The van der Waals surface area contributed by atoms with Crippen LogP contribution in [0.3, 0.4) is 0 Å². The molecule has 2 N–H and O–H groups in total. The number of nitrogens with zero attached hydrogens (tertiary/aromatic N) is 2. The first kappa shape index (κ1) is 17.4. The highest BCUT2D eigenvalue weighted by Gasteiger charge is 2.21. The van der Waals surface area contributed by atoms with Gasteiger partial charge in [0.25, 0.3) is 0 Å². The van der Waals surface area contributed by atoms with Crippen LogP contribution in [0.4, 0.5) is 5.82 Å². The maximum Gasteiger partial charge on any atom is 0.339 e. The van der Waals surface area contributed by atoms with Gasteiger partial charge in [-0.2, -0.15) is 5.10 Å². The Morgan fingerprint density at radius 1 is 1.24 bits per heavy atom. The molecule has 21 heavy (non-hydrogen) atoms. The number of rotatable bonds is 8. The van der Waals surface area contributed by atoms with E-state index in [2.05, 4.69) is 36.3 Å². The Hall–Kier alpha value is -1.65. The van der Waals surface area contributed by atoms with E-state index in [-0.39, 0.29) is 11.0 Å². The van der Waals surface area contributed by atoms with Crippen LogP contribution in [0, 0.1) is 19.3 Å². The van der Waals surface area contributed by atoms with E-state index in [1.54, 1.807) is 13.8 Å². The number of carboxylic acids is 1. The van der Waals surface area contributed by atoms with Gasteiger partial charge in [-0.1, -0.05) is 40.0 Å². The van der Waals surface area contributed by atoms with Gasteiger partial charge in [0.1, 0.15) is 5.56 Å². The first-order valence-electron chi connectivity index (χ1n) is 7.59. The molecule has 0 radical (unpaired) electrons. The van der Waals surface area contributed by atoms with Gasteiger partial charge in [0.15, 0.2) is 5.82 Å². The fourth-order valence-electron chi connectivity index (χ4n) is 2.26. The van der Waals surface area contributed by atoms with Gasteiger partial charge in [0, 0.05) is 6.54 Å². The Labute approximate surface area is 127 Å². The van der Waals surface area contributed by atoms with Crippen LogP contribution < -0.4 is 5.32 Å². The van der Waals surface area contributed by atoms with Crippen molar-refractivity contribution >= 4 is 11.8 Å². The predicted molar refractivity (Wildman–Crippen MR) is 84.9 cm³/mol. The SMILES string of the molecule is CCCCCC(C)(C)CNc1nnc(C)c(C)c1C(=O)O. The molecule has 0 amide bonds. The monoisotopic (exact) mass is 293 g/mol. The van der Waals surface area contributed by atoms with Crippen molar-refractivity contribution in [3.05, 3.63) is 16.8 Å². The Bertz CT molecular complexity index is 499. The van der Waals surface area contributed by atoms with Crippen molar-refractivity contribution in [2.24, 2.45) is 5.41 Å². The van der Waals surface area contributed by atoms with Crippen molar-refractivity contribution in [3.8, 4) is 0 Å². The average molecular weight is 293 g/mol. The minimum Gasteiger partial charge on any atom is -0.478 e. The summed E-state index contributed by atoms with van der Waals surface area (Å²) >= 11 is 0. The van der Waals surface area contributed by atoms with E-state index in [1.807, 2.05) is 0 Å². The normalized spacial score (nSPS) is 11.5. The number of nitrogens with one attached hydrogen (secondary N) is 1. The summed E-state index contributed by atoms with van der Waals surface area (Å²) in [7, 11) is 0. The van der Waals surface area contributed by atoms with Crippen LogP contribution in [-0.2, 0) is 0 Å². The molecule has 1 heterocycles. The summed E-state index contributed by atoms with van der Waals surface area (Å²) in [5, 5.41) is 20.6. The zero-order chi connectivity index (χ0) is 16.0. The highest BCUT2D eigenvalue weighted by molar-refractivity contribution is 5.94. The molecule has 0 unspecified atom stereocenters. The summed E-state index contributed by atoms with van der Waals surface area (Å²) in [5.74, 6) is -0.592. The molecule has 0 saturated heterocycles. The van der Waals surface area contributed by atoms with Gasteiger partial charge in [0.2, 0.25) is 0 Å². The van der Waals surface area contributed by atoms with Crippen LogP contribution in [0.5, 0.6) is 0 Å². The maximum absolute atomic E-state index is 11.4. The van der Waals surface area contributed by atoms with E-state index in [9.17, 15) is 9.90 Å². The molecule has 0 aliphatic heterocycles. The summed E-state index contributed by atoms with van der Waals surface area (Å²) in [6, 6.07) is 0. The molecule has 0 atom stereocenters. The van der Waals surface area contributed by atoms with Crippen molar-refractivity contribution in [2.45, 2.75) is 60.3 Å². The van der Waals surface area contributed by atoms with E-state index in [0.717, 1.165) is 6.42 Å². The van der Waals surface area contributed by atoms with Gasteiger partial charge in [0.05, 0.1) is 5.69 Å². The molecule has 0 spiro atoms. The van der Waals surface area contributed by atoms with E-state index in [1.165, 1.54) is 19.3 Å². The van der Waals surface area contributed by atoms with Gasteiger partial charge in [-0.15, -0.1) is 5.10 Å². The molecule has 118 valence electrons. The van der Waals surface area contributed by atoms with Crippen molar-refractivity contribution in [2.75, 3.05) is 11.9 Å². The lowest BCUT2D eigenvalue weighted by molar-refractivity contribution is 0.0696. The number of aryl methyl sites for hydroxylation is 1. The van der Waals surface area contributed by atoms with E-state index < -0.39 is 5.97 Å². The van der Waals surface area contributed by atoms with Crippen molar-refractivity contribution in [1.82, 2.24) is 10.2 Å². The third-order valence-electron chi connectivity index (χ3n) is 3.86. The molecule has 0 aromatic carbocycles. The molecule has 0 aliphatic rings. The number of hydrogen-bond donors (Lipinski definition) is 2. The quantitative estimate of drug-likeness (QED) is 0.713. The third-order valence-corrected chi connectivity index (χ3v) is 3.86. The molecule has 1 aromatic rings. The minimum atomic E-state index is -0.961. The Kier molecular flexibility index (Phi) is 6.12. The van der Waals surface area contributed by atoms with E-state index >= 15 is 0 Å². The number of carbonyl (C=O) groups is 1. The molecule has 0 fully saturated rings.